The highest BCUT2D eigenvalue weighted by atomic mass is 19.4. The van der Waals surface area contributed by atoms with Crippen LogP contribution in [0.25, 0.3) is 11.6 Å². The van der Waals surface area contributed by atoms with Crippen molar-refractivity contribution < 1.29 is 27.2 Å². The number of likely N-dealkylation sites (tertiary alicyclic amines) is 2. The summed E-state index contributed by atoms with van der Waals surface area (Å²) in [6.45, 7) is 4.28. The van der Waals surface area contributed by atoms with Crippen LogP contribution < -0.4 is 5.32 Å². The Morgan fingerprint density at radius 1 is 1.08 bits per heavy atom. The number of H-pyrrole nitrogens is 1. The molecular weight excluding hydrogens is 476 g/mol. The molecule has 2 N–H and O–H groups in total. The Balaban J connectivity index is 1.45. The van der Waals surface area contributed by atoms with Crippen LogP contribution in [0.5, 0.6) is 0 Å². The number of piperidine rings is 2. The molecule has 3 aliphatic rings. The molecule has 36 heavy (non-hydrogen) atoms. The third-order valence-corrected chi connectivity index (χ3v) is 7.43. The SMILES string of the molecule is Cc1[nH]c(/C=C2\C(=O)Nc3ccc(F)cc32)c(C(F)(F)F)c1C(=O)N1CCC(N2CCCCC2)CC1. The molecule has 4 heterocycles. The standard InChI is InChI=1S/C26H28F4N4O2/c1-15-22(25(36)34-11-7-17(8-12-34)33-9-3-2-4-10-33)23(26(28,29)30)21(31-15)14-19-18-13-16(27)5-6-20(18)32-24(19)35/h5-6,13-14,17,31H,2-4,7-12H2,1H3,(H,32,35)/b19-14-. The average molecular weight is 505 g/mol. The van der Waals surface area contributed by atoms with Crippen molar-refractivity contribution in [1.29, 1.82) is 0 Å². The van der Waals surface area contributed by atoms with Crippen LogP contribution in [-0.4, -0.2) is 58.8 Å². The van der Waals surface area contributed by atoms with Gasteiger partial charge in [-0.15, -0.1) is 0 Å². The van der Waals surface area contributed by atoms with E-state index >= 15 is 0 Å². The molecule has 0 spiro atoms. The first-order chi connectivity index (χ1) is 17.1. The van der Waals surface area contributed by atoms with Gasteiger partial charge in [0, 0.05) is 36.1 Å². The average Bonchev–Trinajstić information content (AvgIpc) is 3.35. The van der Waals surface area contributed by atoms with Gasteiger partial charge in [0.1, 0.15) is 5.82 Å². The molecule has 2 fully saturated rings. The Labute approximate surface area is 206 Å². The first-order valence-corrected chi connectivity index (χ1v) is 12.3. The first kappa shape index (κ1) is 24.5. The van der Waals surface area contributed by atoms with Gasteiger partial charge < -0.3 is 20.1 Å². The zero-order valence-electron chi connectivity index (χ0n) is 20.0. The van der Waals surface area contributed by atoms with Crippen LogP contribution in [0, 0.1) is 12.7 Å². The van der Waals surface area contributed by atoms with E-state index < -0.39 is 40.6 Å². The third kappa shape index (κ3) is 4.54. The van der Waals surface area contributed by atoms with Crippen molar-refractivity contribution in [2.45, 2.75) is 51.2 Å². The van der Waals surface area contributed by atoms with Gasteiger partial charge in [0.25, 0.3) is 11.8 Å². The summed E-state index contributed by atoms with van der Waals surface area (Å²) in [5, 5.41) is 2.53. The summed E-state index contributed by atoms with van der Waals surface area (Å²) in [6, 6.07) is 3.97. The molecule has 2 amide bonds. The van der Waals surface area contributed by atoms with Gasteiger partial charge in [-0.2, -0.15) is 13.2 Å². The van der Waals surface area contributed by atoms with Gasteiger partial charge in [-0.3, -0.25) is 9.59 Å². The van der Waals surface area contributed by atoms with Crippen molar-refractivity contribution in [2.24, 2.45) is 0 Å². The number of aromatic nitrogens is 1. The Morgan fingerprint density at radius 3 is 2.44 bits per heavy atom. The van der Waals surface area contributed by atoms with Crippen molar-refractivity contribution in [1.82, 2.24) is 14.8 Å². The largest absolute Gasteiger partial charge is 0.419 e. The minimum absolute atomic E-state index is 0.0789. The number of carbonyl (C=O) groups is 2. The highest BCUT2D eigenvalue weighted by Crippen LogP contribution is 2.40. The Kier molecular flexibility index (Phi) is 6.40. The second-order valence-corrected chi connectivity index (χ2v) is 9.73. The van der Waals surface area contributed by atoms with E-state index in [-0.39, 0.29) is 16.8 Å². The van der Waals surface area contributed by atoms with E-state index in [2.05, 4.69) is 15.2 Å². The van der Waals surface area contributed by atoms with E-state index in [1.807, 2.05) is 0 Å². The van der Waals surface area contributed by atoms with Gasteiger partial charge in [0.2, 0.25) is 0 Å². The van der Waals surface area contributed by atoms with Crippen molar-refractivity contribution >= 4 is 29.2 Å². The maximum Gasteiger partial charge on any atom is 0.419 e. The molecule has 10 heteroatoms. The van der Waals surface area contributed by atoms with Crippen molar-refractivity contribution in [2.75, 3.05) is 31.5 Å². The molecular formula is C26H28F4N4O2. The quantitative estimate of drug-likeness (QED) is 0.453. The van der Waals surface area contributed by atoms with Crippen molar-refractivity contribution in [3.63, 3.8) is 0 Å². The number of amides is 2. The number of halogens is 4. The van der Waals surface area contributed by atoms with Crippen LogP contribution >= 0.6 is 0 Å². The molecule has 0 saturated carbocycles. The zero-order valence-corrected chi connectivity index (χ0v) is 20.0. The highest BCUT2D eigenvalue weighted by molar-refractivity contribution is 6.35. The summed E-state index contributed by atoms with van der Waals surface area (Å²) in [4.78, 5) is 32.4. The number of anilines is 1. The predicted molar refractivity (Wildman–Crippen MR) is 128 cm³/mol. The number of aromatic amines is 1. The van der Waals surface area contributed by atoms with Gasteiger partial charge in [-0.25, -0.2) is 4.39 Å². The number of hydrogen-bond donors (Lipinski definition) is 2. The van der Waals surface area contributed by atoms with Crippen LogP contribution in [0.3, 0.4) is 0 Å². The summed E-state index contributed by atoms with van der Waals surface area (Å²) in [6.07, 6.45) is 1.21. The Morgan fingerprint density at radius 2 is 1.78 bits per heavy atom. The fourth-order valence-corrected chi connectivity index (χ4v) is 5.64. The van der Waals surface area contributed by atoms with Gasteiger partial charge in [-0.05, 0) is 70.0 Å². The number of benzene rings is 1. The second kappa shape index (κ2) is 9.38. The maximum absolute atomic E-state index is 14.3. The fourth-order valence-electron chi connectivity index (χ4n) is 5.64. The van der Waals surface area contributed by atoms with E-state index in [9.17, 15) is 27.2 Å². The lowest BCUT2D eigenvalue weighted by Gasteiger charge is -2.40. The minimum Gasteiger partial charge on any atom is -0.358 e. The predicted octanol–water partition coefficient (Wildman–Crippen LogP) is 5.06. The van der Waals surface area contributed by atoms with E-state index in [4.69, 9.17) is 0 Å². The highest BCUT2D eigenvalue weighted by Gasteiger charge is 2.42. The fraction of sp³-hybridized carbons (Fsp3) is 0.462. The van der Waals surface area contributed by atoms with Crippen LogP contribution in [0.2, 0.25) is 0 Å². The summed E-state index contributed by atoms with van der Waals surface area (Å²) < 4.78 is 56.7. The summed E-state index contributed by atoms with van der Waals surface area (Å²) in [7, 11) is 0. The number of rotatable bonds is 3. The van der Waals surface area contributed by atoms with Gasteiger partial charge in [0.15, 0.2) is 0 Å². The smallest absolute Gasteiger partial charge is 0.358 e. The molecule has 0 aliphatic carbocycles. The Bertz CT molecular complexity index is 1220. The topological polar surface area (TPSA) is 68.4 Å². The summed E-state index contributed by atoms with van der Waals surface area (Å²) in [5.41, 5.74) is -1.45. The number of nitrogens with one attached hydrogen (secondary N) is 2. The lowest BCUT2D eigenvalue weighted by molar-refractivity contribution is -0.138. The minimum atomic E-state index is -4.84. The molecule has 2 aromatic rings. The number of alkyl halides is 3. The number of fused-ring (bicyclic) bond motifs is 1. The first-order valence-electron chi connectivity index (χ1n) is 12.3. The summed E-state index contributed by atoms with van der Waals surface area (Å²) >= 11 is 0. The normalized spacial score (nSPS) is 20.6. The van der Waals surface area contributed by atoms with E-state index in [1.165, 1.54) is 24.3 Å². The molecule has 6 nitrogen and oxygen atoms in total. The van der Waals surface area contributed by atoms with E-state index in [1.54, 1.807) is 0 Å². The molecule has 0 radical (unpaired) electrons. The lowest BCUT2D eigenvalue weighted by atomic mass is 9.98. The lowest BCUT2D eigenvalue weighted by Crippen LogP contribution is -2.48. The molecule has 2 saturated heterocycles. The van der Waals surface area contributed by atoms with Crippen LogP contribution in [0.15, 0.2) is 18.2 Å². The third-order valence-electron chi connectivity index (χ3n) is 7.43. The number of aryl methyl sites for hydroxylation is 1. The van der Waals surface area contributed by atoms with Gasteiger partial charge >= 0.3 is 6.18 Å². The van der Waals surface area contributed by atoms with E-state index in [0.717, 1.165) is 57.0 Å². The summed E-state index contributed by atoms with van der Waals surface area (Å²) in [5.74, 6) is -1.91. The van der Waals surface area contributed by atoms with Crippen LogP contribution in [0.1, 0.15) is 65.0 Å². The molecule has 0 bridgehead atoms. The molecule has 0 unspecified atom stereocenters. The molecule has 1 aromatic heterocycles. The van der Waals surface area contributed by atoms with E-state index in [0.29, 0.717) is 24.8 Å². The number of nitrogens with zero attached hydrogens (tertiary/aromatic N) is 2. The maximum atomic E-state index is 14.3. The second-order valence-electron chi connectivity index (χ2n) is 9.73. The molecule has 1 aromatic carbocycles. The van der Waals surface area contributed by atoms with Crippen LogP contribution in [-0.2, 0) is 11.0 Å². The Hall–Kier alpha value is -3.14. The van der Waals surface area contributed by atoms with Crippen molar-refractivity contribution in [3.05, 3.63) is 52.1 Å². The molecule has 5 rings (SSSR count). The molecule has 0 atom stereocenters. The number of hydrogen-bond acceptors (Lipinski definition) is 3. The number of carbonyl (C=O) groups excluding carboxylic acids is 2. The zero-order chi connectivity index (χ0) is 25.6. The van der Waals surface area contributed by atoms with Gasteiger partial charge in [-0.1, -0.05) is 6.42 Å². The van der Waals surface area contributed by atoms with Crippen LogP contribution in [0.4, 0.5) is 23.2 Å². The van der Waals surface area contributed by atoms with Crippen molar-refractivity contribution in [3.8, 4) is 0 Å². The van der Waals surface area contributed by atoms with Gasteiger partial charge in [0.05, 0.1) is 22.4 Å². The molecule has 192 valence electrons. The molecule has 3 aliphatic heterocycles. The monoisotopic (exact) mass is 504 g/mol.